The van der Waals surface area contributed by atoms with Crippen molar-refractivity contribution in [2.45, 2.75) is 0 Å². The predicted molar refractivity (Wildman–Crippen MR) is 98.4 cm³/mol. The van der Waals surface area contributed by atoms with E-state index in [-0.39, 0.29) is 5.91 Å². The van der Waals surface area contributed by atoms with E-state index in [2.05, 4.69) is 15.6 Å². The lowest BCUT2D eigenvalue weighted by molar-refractivity contribution is 0.102. The number of aromatic nitrogens is 1. The Hall–Kier alpha value is -2.56. The molecular formula is C18H13Cl2N3O. The van der Waals surface area contributed by atoms with Crippen LogP contribution in [-0.4, -0.2) is 10.9 Å². The zero-order chi connectivity index (χ0) is 16.9. The molecule has 0 atom stereocenters. The molecule has 0 saturated heterocycles. The molecule has 1 aromatic heterocycles. The van der Waals surface area contributed by atoms with E-state index in [0.29, 0.717) is 27.1 Å². The van der Waals surface area contributed by atoms with Gasteiger partial charge in [0.1, 0.15) is 5.82 Å². The summed E-state index contributed by atoms with van der Waals surface area (Å²) in [5.41, 5.74) is 1.87. The molecule has 0 unspecified atom stereocenters. The summed E-state index contributed by atoms with van der Waals surface area (Å²) in [6, 6.07) is 17.8. The first-order valence-electron chi connectivity index (χ1n) is 7.16. The molecule has 3 aromatic rings. The van der Waals surface area contributed by atoms with Gasteiger partial charge in [-0.15, -0.1) is 0 Å². The smallest absolute Gasteiger partial charge is 0.257 e. The number of amides is 1. The van der Waals surface area contributed by atoms with Gasteiger partial charge in [-0.05, 0) is 48.5 Å². The zero-order valence-corrected chi connectivity index (χ0v) is 14.0. The molecule has 0 aliphatic heterocycles. The maximum Gasteiger partial charge on any atom is 0.257 e. The fourth-order valence-corrected chi connectivity index (χ4v) is 2.35. The average molecular weight is 358 g/mol. The highest BCUT2D eigenvalue weighted by Gasteiger charge is 2.08. The lowest BCUT2D eigenvalue weighted by atomic mass is 10.2. The van der Waals surface area contributed by atoms with Crippen molar-refractivity contribution in [2.75, 3.05) is 10.6 Å². The van der Waals surface area contributed by atoms with Gasteiger partial charge in [0.05, 0.1) is 16.3 Å². The van der Waals surface area contributed by atoms with Gasteiger partial charge >= 0.3 is 0 Å². The van der Waals surface area contributed by atoms with Crippen molar-refractivity contribution in [3.05, 3.63) is 82.5 Å². The van der Waals surface area contributed by atoms with Gasteiger partial charge in [0.25, 0.3) is 5.91 Å². The number of pyridine rings is 1. The van der Waals surface area contributed by atoms with Crippen LogP contribution in [0.2, 0.25) is 10.0 Å². The predicted octanol–water partition coefficient (Wildman–Crippen LogP) is 5.38. The number of hydrogen-bond acceptors (Lipinski definition) is 3. The van der Waals surface area contributed by atoms with Crippen LogP contribution < -0.4 is 10.6 Å². The third kappa shape index (κ3) is 4.04. The highest BCUT2D eigenvalue weighted by Crippen LogP contribution is 2.22. The molecule has 0 spiro atoms. The molecule has 4 nitrogen and oxygen atoms in total. The van der Waals surface area contributed by atoms with Gasteiger partial charge in [0.15, 0.2) is 0 Å². The number of nitrogens with one attached hydrogen (secondary N) is 2. The molecule has 1 amide bonds. The molecule has 1 heterocycles. The molecule has 0 aliphatic carbocycles. The molecule has 24 heavy (non-hydrogen) atoms. The molecule has 120 valence electrons. The molecule has 0 aliphatic rings. The van der Waals surface area contributed by atoms with Crippen molar-refractivity contribution in [1.29, 1.82) is 0 Å². The Labute approximate surface area is 149 Å². The lowest BCUT2D eigenvalue weighted by Gasteiger charge is -2.08. The summed E-state index contributed by atoms with van der Waals surface area (Å²) in [5.74, 6) is 0.361. The van der Waals surface area contributed by atoms with Crippen molar-refractivity contribution < 1.29 is 4.79 Å². The van der Waals surface area contributed by atoms with Crippen LogP contribution in [0.15, 0.2) is 66.9 Å². The Bertz CT molecular complexity index is 849. The fraction of sp³-hybridized carbons (Fsp3) is 0. The standard InChI is InChI=1S/C18H13Cl2N3O/c19-13-6-8-14(9-7-13)22-17-10-5-12(11-21-17)18(24)23-16-4-2-1-3-15(16)20/h1-11H,(H,21,22)(H,23,24). The molecule has 0 fully saturated rings. The van der Waals surface area contributed by atoms with E-state index in [1.54, 1.807) is 48.5 Å². The van der Waals surface area contributed by atoms with Crippen LogP contribution >= 0.6 is 23.2 Å². The van der Waals surface area contributed by atoms with E-state index in [0.717, 1.165) is 5.69 Å². The third-order valence-electron chi connectivity index (χ3n) is 3.26. The van der Waals surface area contributed by atoms with Crippen molar-refractivity contribution in [3.63, 3.8) is 0 Å². The molecule has 6 heteroatoms. The van der Waals surface area contributed by atoms with Crippen LogP contribution in [-0.2, 0) is 0 Å². The van der Waals surface area contributed by atoms with Crippen molar-refractivity contribution in [3.8, 4) is 0 Å². The van der Waals surface area contributed by atoms with Gasteiger partial charge in [-0.1, -0.05) is 35.3 Å². The number of carbonyl (C=O) groups excluding carboxylic acids is 1. The molecule has 2 N–H and O–H groups in total. The zero-order valence-electron chi connectivity index (χ0n) is 12.5. The van der Waals surface area contributed by atoms with Crippen LogP contribution in [0.4, 0.5) is 17.2 Å². The molecule has 0 radical (unpaired) electrons. The normalized spacial score (nSPS) is 10.2. The Morgan fingerprint density at radius 3 is 2.33 bits per heavy atom. The minimum absolute atomic E-state index is 0.270. The van der Waals surface area contributed by atoms with E-state index in [9.17, 15) is 4.79 Å². The summed E-state index contributed by atoms with van der Waals surface area (Å²) >= 11 is 11.9. The number of carbonyl (C=O) groups is 1. The maximum atomic E-state index is 12.2. The van der Waals surface area contributed by atoms with Gasteiger partial charge in [-0.2, -0.15) is 0 Å². The number of benzene rings is 2. The Balaban J connectivity index is 1.68. The molecular weight excluding hydrogens is 345 g/mol. The largest absolute Gasteiger partial charge is 0.340 e. The number of anilines is 3. The van der Waals surface area contributed by atoms with Crippen molar-refractivity contribution in [2.24, 2.45) is 0 Å². The SMILES string of the molecule is O=C(Nc1ccccc1Cl)c1ccc(Nc2ccc(Cl)cc2)nc1. The first-order valence-corrected chi connectivity index (χ1v) is 7.92. The molecule has 3 rings (SSSR count). The second-order valence-corrected chi connectivity index (χ2v) is 5.84. The Kier molecular flexibility index (Phi) is 4.99. The van der Waals surface area contributed by atoms with Crippen LogP contribution in [0, 0.1) is 0 Å². The summed E-state index contributed by atoms with van der Waals surface area (Å²) in [6.45, 7) is 0. The maximum absolute atomic E-state index is 12.2. The monoisotopic (exact) mass is 357 g/mol. The second kappa shape index (κ2) is 7.34. The topological polar surface area (TPSA) is 54.0 Å². The third-order valence-corrected chi connectivity index (χ3v) is 3.85. The Morgan fingerprint density at radius 2 is 1.67 bits per heavy atom. The first kappa shape index (κ1) is 16.3. The van der Waals surface area contributed by atoms with E-state index in [1.807, 2.05) is 12.1 Å². The van der Waals surface area contributed by atoms with E-state index in [1.165, 1.54) is 6.20 Å². The van der Waals surface area contributed by atoms with Crippen molar-refractivity contribution >= 4 is 46.3 Å². The highest BCUT2D eigenvalue weighted by atomic mass is 35.5. The Morgan fingerprint density at radius 1 is 0.917 bits per heavy atom. The first-order chi connectivity index (χ1) is 11.6. The average Bonchev–Trinajstić information content (AvgIpc) is 2.59. The summed E-state index contributed by atoms with van der Waals surface area (Å²) < 4.78 is 0. The fourth-order valence-electron chi connectivity index (χ4n) is 2.04. The lowest BCUT2D eigenvalue weighted by Crippen LogP contribution is -2.12. The van der Waals surface area contributed by atoms with Crippen LogP contribution in [0.3, 0.4) is 0 Å². The summed E-state index contributed by atoms with van der Waals surface area (Å²) in [7, 11) is 0. The van der Waals surface area contributed by atoms with E-state index < -0.39 is 0 Å². The van der Waals surface area contributed by atoms with E-state index in [4.69, 9.17) is 23.2 Å². The van der Waals surface area contributed by atoms with Crippen LogP contribution in [0.5, 0.6) is 0 Å². The summed E-state index contributed by atoms with van der Waals surface area (Å²) in [6.07, 6.45) is 1.50. The summed E-state index contributed by atoms with van der Waals surface area (Å²) in [4.78, 5) is 16.5. The summed E-state index contributed by atoms with van der Waals surface area (Å²) in [5, 5.41) is 7.04. The van der Waals surface area contributed by atoms with Gasteiger partial charge in [0.2, 0.25) is 0 Å². The number of para-hydroxylation sites is 1. The second-order valence-electron chi connectivity index (χ2n) is 5.00. The molecule has 0 bridgehead atoms. The number of hydrogen-bond donors (Lipinski definition) is 2. The number of nitrogens with zero attached hydrogens (tertiary/aromatic N) is 1. The minimum atomic E-state index is -0.270. The number of rotatable bonds is 4. The van der Waals surface area contributed by atoms with Gasteiger partial charge < -0.3 is 10.6 Å². The van der Waals surface area contributed by atoms with E-state index >= 15 is 0 Å². The molecule has 2 aromatic carbocycles. The highest BCUT2D eigenvalue weighted by molar-refractivity contribution is 6.33. The quantitative estimate of drug-likeness (QED) is 0.658. The number of halogens is 2. The van der Waals surface area contributed by atoms with Gasteiger partial charge in [-0.3, -0.25) is 4.79 Å². The van der Waals surface area contributed by atoms with Gasteiger partial charge in [-0.25, -0.2) is 4.98 Å². The minimum Gasteiger partial charge on any atom is -0.340 e. The molecule has 0 saturated carbocycles. The van der Waals surface area contributed by atoms with Crippen LogP contribution in [0.1, 0.15) is 10.4 Å². The van der Waals surface area contributed by atoms with Crippen LogP contribution in [0.25, 0.3) is 0 Å². The van der Waals surface area contributed by atoms with Crippen molar-refractivity contribution in [1.82, 2.24) is 4.98 Å². The van der Waals surface area contributed by atoms with Gasteiger partial charge in [0, 0.05) is 16.9 Å².